The van der Waals surface area contributed by atoms with Crippen molar-refractivity contribution in [3.63, 3.8) is 0 Å². The summed E-state index contributed by atoms with van der Waals surface area (Å²) in [4.78, 5) is 2.32. The third-order valence-electron chi connectivity index (χ3n) is 3.44. The normalized spacial score (nSPS) is 23.8. The average molecular weight is 262 g/mol. The van der Waals surface area contributed by atoms with Gasteiger partial charge in [0.15, 0.2) is 5.11 Å². The van der Waals surface area contributed by atoms with Crippen molar-refractivity contribution in [1.29, 1.82) is 0 Å². The van der Waals surface area contributed by atoms with Crippen LogP contribution < -0.4 is 5.32 Å². The first-order valence-electron chi connectivity index (χ1n) is 6.72. The van der Waals surface area contributed by atoms with E-state index < -0.39 is 0 Å². The lowest BCUT2D eigenvalue weighted by molar-refractivity contribution is 0.212. The Bertz CT molecular complexity index is 381. The molecule has 3 heteroatoms. The number of hydrogen-bond donors (Lipinski definition) is 1. The first-order chi connectivity index (χ1) is 8.65. The van der Waals surface area contributed by atoms with Crippen LogP contribution in [0.15, 0.2) is 30.3 Å². The Labute approximate surface area is 115 Å². The topological polar surface area (TPSA) is 15.3 Å². The summed E-state index contributed by atoms with van der Waals surface area (Å²) in [5, 5.41) is 4.27. The molecule has 2 atom stereocenters. The third-order valence-corrected chi connectivity index (χ3v) is 3.85. The number of rotatable bonds is 2. The minimum Gasteiger partial charge on any atom is -0.358 e. The molecule has 1 heterocycles. The summed E-state index contributed by atoms with van der Waals surface area (Å²) in [6.07, 6.45) is 1.32. The molecule has 0 bridgehead atoms. The molecule has 0 unspecified atom stereocenters. The Morgan fingerprint density at radius 3 is 2.44 bits per heavy atom. The first kappa shape index (κ1) is 13.3. The summed E-state index contributed by atoms with van der Waals surface area (Å²) in [7, 11) is 0. The highest BCUT2D eigenvalue weighted by molar-refractivity contribution is 7.80. The van der Waals surface area contributed by atoms with Crippen molar-refractivity contribution in [1.82, 2.24) is 10.2 Å². The molecule has 1 aliphatic heterocycles. The van der Waals surface area contributed by atoms with Crippen molar-refractivity contribution in [2.75, 3.05) is 13.1 Å². The van der Waals surface area contributed by atoms with Crippen LogP contribution in [0.1, 0.15) is 25.8 Å². The van der Waals surface area contributed by atoms with Gasteiger partial charge in [-0.15, -0.1) is 0 Å². The smallest absolute Gasteiger partial charge is 0.169 e. The van der Waals surface area contributed by atoms with Gasteiger partial charge in [0.2, 0.25) is 0 Å². The van der Waals surface area contributed by atoms with Crippen LogP contribution >= 0.6 is 12.2 Å². The number of thiocarbonyl (C=S) groups is 1. The number of benzene rings is 1. The van der Waals surface area contributed by atoms with Gasteiger partial charge in [-0.3, -0.25) is 0 Å². The van der Waals surface area contributed by atoms with Crippen LogP contribution in [-0.4, -0.2) is 23.1 Å². The van der Waals surface area contributed by atoms with Gasteiger partial charge in [-0.05, 0) is 36.0 Å². The maximum Gasteiger partial charge on any atom is 0.169 e. The molecule has 1 fully saturated rings. The number of nitrogens with one attached hydrogen (secondary N) is 1. The Balaban J connectivity index is 1.84. The van der Waals surface area contributed by atoms with E-state index in [9.17, 15) is 0 Å². The summed E-state index contributed by atoms with van der Waals surface area (Å²) in [5.74, 6) is 1.48. The van der Waals surface area contributed by atoms with Gasteiger partial charge in [-0.2, -0.15) is 0 Å². The van der Waals surface area contributed by atoms with Crippen LogP contribution in [0.3, 0.4) is 0 Å². The van der Waals surface area contributed by atoms with E-state index in [2.05, 4.69) is 48.3 Å². The molecule has 0 aliphatic carbocycles. The van der Waals surface area contributed by atoms with Gasteiger partial charge in [-0.1, -0.05) is 44.2 Å². The predicted octanol–water partition coefficient (Wildman–Crippen LogP) is 3.04. The second-order valence-corrected chi connectivity index (χ2v) is 5.88. The minimum absolute atomic E-state index is 0.741. The summed E-state index contributed by atoms with van der Waals surface area (Å²) in [6, 6.07) is 10.4. The fourth-order valence-corrected chi connectivity index (χ4v) is 2.94. The molecular formula is C15H22N2S. The molecule has 0 radical (unpaired) electrons. The Morgan fingerprint density at radius 2 is 1.83 bits per heavy atom. The molecule has 0 aromatic heterocycles. The van der Waals surface area contributed by atoms with E-state index in [0.717, 1.165) is 36.6 Å². The number of likely N-dealkylation sites (tertiary alicyclic amines) is 1. The van der Waals surface area contributed by atoms with Crippen LogP contribution in [0, 0.1) is 11.8 Å². The van der Waals surface area contributed by atoms with E-state index in [-0.39, 0.29) is 0 Å². The molecule has 1 saturated heterocycles. The lowest BCUT2D eigenvalue weighted by Crippen LogP contribution is -2.47. The van der Waals surface area contributed by atoms with Gasteiger partial charge in [0.1, 0.15) is 0 Å². The summed E-state index contributed by atoms with van der Waals surface area (Å²) >= 11 is 5.49. The van der Waals surface area contributed by atoms with Gasteiger partial charge >= 0.3 is 0 Å². The van der Waals surface area contributed by atoms with Gasteiger partial charge < -0.3 is 10.2 Å². The second kappa shape index (κ2) is 6.19. The minimum atomic E-state index is 0.741. The quantitative estimate of drug-likeness (QED) is 0.825. The van der Waals surface area contributed by atoms with Crippen LogP contribution in [-0.2, 0) is 6.54 Å². The Kier molecular flexibility index (Phi) is 4.59. The summed E-state index contributed by atoms with van der Waals surface area (Å²) < 4.78 is 0. The zero-order chi connectivity index (χ0) is 13.0. The maximum atomic E-state index is 5.49. The molecule has 0 amide bonds. The van der Waals surface area contributed by atoms with E-state index in [1.807, 2.05) is 6.07 Å². The molecule has 1 aromatic carbocycles. The lowest BCUT2D eigenvalue weighted by atomic mass is 9.92. The van der Waals surface area contributed by atoms with E-state index in [0.29, 0.717) is 0 Å². The van der Waals surface area contributed by atoms with Crippen LogP contribution in [0.4, 0.5) is 0 Å². The zero-order valence-corrected chi connectivity index (χ0v) is 12.0. The van der Waals surface area contributed by atoms with Gasteiger partial charge in [0, 0.05) is 19.6 Å². The average Bonchev–Trinajstić information content (AvgIpc) is 2.36. The molecule has 2 rings (SSSR count). The molecule has 2 nitrogen and oxygen atoms in total. The second-order valence-electron chi connectivity index (χ2n) is 5.50. The van der Waals surface area contributed by atoms with Crippen molar-refractivity contribution in [3.8, 4) is 0 Å². The molecule has 0 saturated carbocycles. The van der Waals surface area contributed by atoms with Crippen molar-refractivity contribution >= 4 is 17.3 Å². The van der Waals surface area contributed by atoms with Crippen molar-refractivity contribution in [2.24, 2.45) is 11.8 Å². The standard InChI is InChI=1S/C15H22N2S/c1-12-8-13(2)11-17(10-12)15(18)16-9-14-6-4-3-5-7-14/h3-7,12-13H,8-11H2,1-2H3,(H,16,18)/t12-,13+. The fraction of sp³-hybridized carbons (Fsp3) is 0.533. The van der Waals surface area contributed by atoms with E-state index in [4.69, 9.17) is 12.2 Å². The van der Waals surface area contributed by atoms with E-state index in [1.165, 1.54) is 12.0 Å². The van der Waals surface area contributed by atoms with Gasteiger partial charge in [-0.25, -0.2) is 0 Å². The SMILES string of the molecule is C[C@@H]1C[C@H](C)CN(C(=S)NCc2ccccc2)C1. The monoisotopic (exact) mass is 262 g/mol. The van der Waals surface area contributed by atoms with Crippen LogP contribution in [0.2, 0.25) is 0 Å². The highest BCUT2D eigenvalue weighted by Gasteiger charge is 2.23. The molecule has 1 aliphatic rings. The maximum absolute atomic E-state index is 5.49. The molecule has 18 heavy (non-hydrogen) atoms. The van der Waals surface area contributed by atoms with E-state index >= 15 is 0 Å². The number of nitrogens with zero attached hydrogens (tertiary/aromatic N) is 1. The Hall–Kier alpha value is -1.09. The zero-order valence-electron chi connectivity index (χ0n) is 11.2. The molecule has 1 N–H and O–H groups in total. The summed E-state index contributed by atoms with van der Waals surface area (Å²) in [5.41, 5.74) is 1.28. The molecular weight excluding hydrogens is 240 g/mol. The third kappa shape index (κ3) is 3.70. The van der Waals surface area contributed by atoms with E-state index in [1.54, 1.807) is 0 Å². The first-order valence-corrected chi connectivity index (χ1v) is 7.12. The summed E-state index contributed by atoms with van der Waals surface area (Å²) in [6.45, 7) is 7.61. The van der Waals surface area contributed by atoms with Crippen molar-refractivity contribution < 1.29 is 0 Å². The number of piperidine rings is 1. The number of hydrogen-bond acceptors (Lipinski definition) is 1. The van der Waals surface area contributed by atoms with Crippen molar-refractivity contribution in [3.05, 3.63) is 35.9 Å². The highest BCUT2D eigenvalue weighted by Crippen LogP contribution is 2.20. The fourth-order valence-electron chi connectivity index (χ4n) is 2.71. The lowest BCUT2D eigenvalue weighted by Gasteiger charge is -2.36. The van der Waals surface area contributed by atoms with Crippen LogP contribution in [0.25, 0.3) is 0 Å². The molecule has 98 valence electrons. The largest absolute Gasteiger partial charge is 0.358 e. The van der Waals surface area contributed by atoms with Crippen molar-refractivity contribution in [2.45, 2.75) is 26.8 Å². The van der Waals surface area contributed by atoms with Gasteiger partial charge in [0.05, 0.1) is 0 Å². The van der Waals surface area contributed by atoms with Crippen LogP contribution in [0.5, 0.6) is 0 Å². The van der Waals surface area contributed by atoms with Gasteiger partial charge in [0.25, 0.3) is 0 Å². The predicted molar refractivity (Wildman–Crippen MR) is 80.4 cm³/mol. The molecule has 0 spiro atoms. The Morgan fingerprint density at radius 1 is 1.22 bits per heavy atom. The highest BCUT2D eigenvalue weighted by atomic mass is 32.1. The molecule has 1 aromatic rings.